The second-order valence-corrected chi connectivity index (χ2v) is 7.84. The Kier molecular flexibility index (Phi) is 6.24. The Bertz CT molecular complexity index is 1190. The van der Waals surface area contributed by atoms with Gasteiger partial charge in [0.15, 0.2) is 0 Å². The lowest BCUT2D eigenvalue weighted by molar-refractivity contribution is 0.0694. The molecule has 0 aliphatic heterocycles. The first-order valence-corrected chi connectivity index (χ1v) is 9.67. The Hall–Kier alpha value is -2.77. The van der Waals surface area contributed by atoms with Crippen LogP contribution in [0.5, 0.6) is 0 Å². The summed E-state index contributed by atoms with van der Waals surface area (Å²) < 4.78 is 30.6. The van der Waals surface area contributed by atoms with Crippen LogP contribution in [0.25, 0.3) is 10.9 Å². The number of aliphatic hydroxyl groups excluding tert-OH is 1. The van der Waals surface area contributed by atoms with Crippen molar-refractivity contribution in [2.24, 2.45) is 5.92 Å². The fourth-order valence-electron chi connectivity index (χ4n) is 3.49. The molecule has 0 aliphatic carbocycles. The van der Waals surface area contributed by atoms with Crippen LogP contribution >= 0.6 is 11.6 Å². The Morgan fingerprint density at radius 3 is 2.50 bits per heavy atom. The lowest BCUT2D eigenvalue weighted by atomic mass is 9.99. The summed E-state index contributed by atoms with van der Waals surface area (Å²) in [6, 6.07) is 6.15. The van der Waals surface area contributed by atoms with Gasteiger partial charge < -0.3 is 14.8 Å². The van der Waals surface area contributed by atoms with E-state index in [2.05, 4.69) is 0 Å². The zero-order valence-electron chi connectivity index (χ0n) is 16.3. The minimum Gasteiger partial charge on any atom is -0.477 e. The molecule has 1 unspecified atom stereocenters. The van der Waals surface area contributed by atoms with E-state index in [1.165, 1.54) is 28.8 Å². The minimum absolute atomic E-state index is 0.0205. The lowest BCUT2D eigenvalue weighted by Crippen LogP contribution is -2.25. The van der Waals surface area contributed by atoms with Crippen LogP contribution in [0.15, 0.2) is 41.3 Å². The van der Waals surface area contributed by atoms with Crippen LogP contribution < -0.4 is 5.43 Å². The average Bonchev–Trinajstić information content (AvgIpc) is 2.68. The van der Waals surface area contributed by atoms with E-state index in [0.717, 1.165) is 12.3 Å². The number of aliphatic hydroxyl groups is 1. The van der Waals surface area contributed by atoms with Gasteiger partial charge in [-0.15, -0.1) is 0 Å². The predicted molar refractivity (Wildman–Crippen MR) is 110 cm³/mol. The number of aromatic nitrogens is 1. The molecule has 158 valence electrons. The highest BCUT2D eigenvalue weighted by Gasteiger charge is 2.22. The van der Waals surface area contributed by atoms with Crippen LogP contribution in [0, 0.1) is 17.6 Å². The van der Waals surface area contributed by atoms with Crippen molar-refractivity contribution in [3.05, 3.63) is 80.1 Å². The van der Waals surface area contributed by atoms with Gasteiger partial charge in [0.05, 0.1) is 23.2 Å². The maximum Gasteiger partial charge on any atom is 0.341 e. The Labute approximate surface area is 176 Å². The number of pyridine rings is 1. The molecule has 8 heteroatoms. The molecule has 2 N–H and O–H groups in total. The van der Waals surface area contributed by atoms with E-state index < -0.39 is 34.6 Å². The third-order valence-electron chi connectivity index (χ3n) is 5.16. The first kappa shape index (κ1) is 21.9. The van der Waals surface area contributed by atoms with Crippen LogP contribution in [0.4, 0.5) is 8.78 Å². The third kappa shape index (κ3) is 3.95. The first-order chi connectivity index (χ1) is 14.1. The maximum atomic E-state index is 14.9. The zero-order valence-corrected chi connectivity index (χ0v) is 17.1. The number of carboxylic acids is 1. The molecule has 1 aromatic heterocycles. The fourth-order valence-corrected chi connectivity index (χ4v) is 3.68. The predicted octanol–water partition coefficient (Wildman–Crippen LogP) is 4.41. The Morgan fingerprint density at radius 2 is 1.90 bits per heavy atom. The number of carbonyl (C=O) groups is 1. The summed E-state index contributed by atoms with van der Waals surface area (Å²) in [6.45, 7) is 3.31. The second-order valence-electron chi connectivity index (χ2n) is 7.43. The molecule has 3 rings (SSSR count). The van der Waals surface area contributed by atoms with Crippen LogP contribution in [0.1, 0.15) is 41.4 Å². The first-order valence-electron chi connectivity index (χ1n) is 9.30. The quantitative estimate of drug-likeness (QED) is 0.601. The highest BCUT2D eigenvalue weighted by Crippen LogP contribution is 2.27. The zero-order chi connectivity index (χ0) is 22.2. The molecule has 0 amide bonds. The third-order valence-corrected chi connectivity index (χ3v) is 5.45. The van der Waals surface area contributed by atoms with Crippen LogP contribution in [0.2, 0.25) is 5.02 Å². The van der Waals surface area contributed by atoms with Crippen LogP contribution in [-0.2, 0) is 6.42 Å². The van der Waals surface area contributed by atoms with E-state index in [1.807, 2.05) is 13.8 Å². The molecular weight excluding hydrogens is 416 g/mol. The summed E-state index contributed by atoms with van der Waals surface area (Å²) in [6.07, 6.45) is 0.960. The van der Waals surface area contributed by atoms with Gasteiger partial charge in [-0.05, 0) is 35.2 Å². The Balaban J connectivity index is 2.28. The topological polar surface area (TPSA) is 79.5 Å². The van der Waals surface area contributed by atoms with Crippen molar-refractivity contribution in [2.75, 3.05) is 6.61 Å². The van der Waals surface area contributed by atoms with E-state index in [0.29, 0.717) is 0 Å². The number of aromatic carboxylic acids is 1. The maximum absolute atomic E-state index is 14.9. The molecular formula is C22H20ClF2NO4. The van der Waals surface area contributed by atoms with E-state index in [4.69, 9.17) is 11.6 Å². The summed E-state index contributed by atoms with van der Waals surface area (Å²) in [4.78, 5) is 24.4. The molecule has 5 nitrogen and oxygen atoms in total. The Morgan fingerprint density at radius 1 is 1.20 bits per heavy atom. The van der Waals surface area contributed by atoms with Gasteiger partial charge in [-0.2, -0.15) is 0 Å². The van der Waals surface area contributed by atoms with Crippen molar-refractivity contribution in [3.8, 4) is 0 Å². The van der Waals surface area contributed by atoms with Gasteiger partial charge >= 0.3 is 5.97 Å². The lowest BCUT2D eigenvalue weighted by Gasteiger charge is -2.25. The van der Waals surface area contributed by atoms with Crippen molar-refractivity contribution in [2.45, 2.75) is 26.3 Å². The number of fused-ring (bicyclic) bond motifs is 1. The molecule has 0 aliphatic rings. The number of halogens is 3. The summed E-state index contributed by atoms with van der Waals surface area (Å²) in [5.74, 6) is -2.91. The van der Waals surface area contributed by atoms with E-state index in [1.54, 1.807) is 0 Å². The van der Waals surface area contributed by atoms with Gasteiger partial charge in [0.2, 0.25) is 5.43 Å². The normalized spacial score (nSPS) is 12.5. The molecule has 1 heterocycles. The molecule has 3 aromatic rings. The summed E-state index contributed by atoms with van der Waals surface area (Å²) >= 11 is 5.79. The number of benzene rings is 2. The molecule has 0 fully saturated rings. The monoisotopic (exact) mass is 435 g/mol. The van der Waals surface area contributed by atoms with E-state index in [9.17, 15) is 28.6 Å². The minimum atomic E-state index is -1.43. The van der Waals surface area contributed by atoms with E-state index in [-0.39, 0.29) is 46.0 Å². The van der Waals surface area contributed by atoms with E-state index >= 15 is 0 Å². The van der Waals surface area contributed by atoms with Gasteiger partial charge in [-0.3, -0.25) is 4.79 Å². The molecule has 2 aromatic carbocycles. The van der Waals surface area contributed by atoms with Crippen molar-refractivity contribution in [1.29, 1.82) is 0 Å². The molecule has 0 bridgehead atoms. The van der Waals surface area contributed by atoms with Crippen LogP contribution in [-0.4, -0.2) is 27.4 Å². The highest BCUT2D eigenvalue weighted by molar-refractivity contribution is 6.30. The van der Waals surface area contributed by atoms with Crippen molar-refractivity contribution in [1.82, 2.24) is 4.57 Å². The van der Waals surface area contributed by atoms with Crippen molar-refractivity contribution >= 4 is 28.5 Å². The highest BCUT2D eigenvalue weighted by atomic mass is 35.5. The summed E-state index contributed by atoms with van der Waals surface area (Å²) in [7, 11) is 0. The largest absolute Gasteiger partial charge is 0.477 e. The van der Waals surface area contributed by atoms with Gasteiger partial charge in [0.1, 0.15) is 17.2 Å². The number of hydrogen-bond acceptors (Lipinski definition) is 3. The number of carboxylic acid groups (broad SMARTS) is 1. The molecule has 0 radical (unpaired) electrons. The summed E-state index contributed by atoms with van der Waals surface area (Å²) in [5.41, 5.74) is -0.938. The average molecular weight is 436 g/mol. The van der Waals surface area contributed by atoms with Gasteiger partial charge in [-0.1, -0.05) is 37.6 Å². The number of hydrogen-bond donors (Lipinski definition) is 2. The molecule has 1 atom stereocenters. The summed E-state index contributed by atoms with van der Waals surface area (Å²) in [5, 5.41) is 19.1. The molecule has 0 saturated carbocycles. The number of nitrogens with zero attached hydrogens (tertiary/aromatic N) is 1. The fraction of sp³-hybridized carbons (Fsp3) is 0.273. The smallest absolute Gasteiger partial charge is 0.341 e. The van der Waals surface area contributed by atoms with Gasteiger partial charge in [0.25, 0.3) is 0 Å². The van der Waals surface area contributed by atoms with Gasteiger partial charge in [0, 0.05) is 18.0 Å². The van der Waals surface area contributed by atoms with Crippen LogP contribution in [0.3, 0.4) is 0 Å². The molecule has 30 heavy (non-hydrogen) atoms. The SMILES string of the molecule is CC(C)C(CO)n1cc(C(=O)O)c(=O)c2cc(Cc3cccc(Cl)c3F)c(F)cc21. The van der Waals surface area contributed by atoms with Crippen molar-refractivity contribution < 1.29 is 23.8 Å². The number of rotatable bonds is 6. The standard InChI is InChI=1S/C22H20ClF2NO4/c1-11(2)19(10-27)26-9-15(22(29)30)21(28)14-7-13(17(24)8-18(14)26)6-12-4-3-5-16(23)20(12)25/h3-5,7-9,11,19,27H,6,10H2,1-2H3,(H,29,30). The molecule has 0 saturated heterocycles. The molecule has 0 spiro atoms. The second kappa shape index (κ2) is 8.53. The van der Waals surface area contributed by atoms with Gasteiger partial charge in [-0.25, -0.2) is 13.6 Å². The van der Waals surface area contributed by atoms with Crippen molar-refractivity contribution in [3.63, 3.8) is 0 Å².